The normalized spacial score (nSPS) is 11.2. The third-order valence-corrected chi connectivity index (χ3v) is 5.22. The molecule has 0 heterocycles. The number of amides is 1. The van der Waals surface area contributed by atoms with E-state index in [4.69, 9.17) is 0 Å². The number of carbonyl (C=O) groups excluding carboxylic acids is 1. The Morgan fingerprint density at radius 1 is 0.963 bits per heavy atom. The highest BCUT2D eigenvalue weighted by Gasteiger charge is 2.16. The molecule has 0 aliphatic rings. The number of hydrogen-bond acceptors (Lipinski definition) is 3. The lowest BCUT2D eigenvalue weighted by Gasteiger charge is -2.12. The molecule has 0 atom stereocenters. The highest BCUT2D eigenvalue weighted by molar-refractivity contribution is 7.90. The van der Waals surface area contributed by atoms with Gasteiger partial charge >= 0.3 is 0 Å². The highest BCUT2D eigenvalue weighted by Crippen LogP contribution is 2.22. The summed E-state index contributed by atoms with van der Waals surface area (Å²) in [5, 5.41) is 2.49. The van der Waals surface area contributed by atoms with E-state index in [-0.39, 0.29) is 10.6 Å². The molecule has 138 valence electrons. The minimum Gasteiger partial charge on any atom is -0.319 e. The molecule has 0 bridgehead atoms. The molecule has 0 aromatic heterocycles. The number of nitrogens with one attached hydrogen (secondary N) is 1. The van der Waals surface area contributed by atoms with Crippen molar-refractivity contribution < 1.29 is 17.6 Å². The van der Waals surface area contributed by atoms with Crippen molar-refractivity contribution in [3.63, 3.8) is 0 Å². The topological polar surface area (TPSA) is 63.2 Å². The Balaban J connectivity index is 1.90. The van der Waals surface area contributed by atoms with Gasteiger partial charge < -0.3 is 5.32 Å². The Morgan fingerprint density at radius 3 is 2.33 bits per heavy atom. The summed E-state index contributed by atoms with van der Waals surface area (Å²) in [7, 11) is -3.51. The van der Waals surface area contributed by atoms with Gasteiger partial charge in [0.25, 0.3) is 5.91 Å². The Bertz CT molecular complexity index is 1080. The fourth-order valence-corrected chi connectivity index (χ4v) is 3.38. The van der Waals surface area contributed by atoms with Crippen molar-refractivity contribution >= 4 is 21.4 Å². The molecule has 0 saturated heterocycles. The first-order chi connectivity index (χ1) is 12.8. The van der Waals surface area contributed by atoms with Crippen molar-refractivity contribution in [2.24, 2.45) is 0 Å². The molecule has 0 saturated carbocycles. The third-order valence-electron chi connectivity index (χ3n) is 4.11. The maximum absolute atomic E-state index is 14.1. The molecule has 3 aromatic rings. The predicted molar refractivity (Wildman–Crippen MR) is 103 cm³/mol. The van der Waals surface area contributed by atoms with Gasteiger partial charge in [0.2, 0.25) is 0 Å². The molecule has 0 aliphatic heterocycles. The Hall–Kier alpha value is -2.99. The number of hydrogen-bond donors (Lipinski definition) is 1. The van der Waals surface area contributed by atoms with E-state index in [1.807, 2.05) is 42.5 Å². The number of halogens is 1. The molecule has 3 aromatic carbocycles. The summed E-state index contributed by atoms with van der Waals surface area (Å²) in [6.07, 6.45) is 1.58. The van der Waals surface area contributed by atoms with Crippen LogP contribution in [0.2, 0.25) is 0 Å². The second-order valence-electron chi connectivity index (χ2n) is 6.19. The van der Waals surface area contributed by atoms with Crippen LogP contribution in [-0.2, 0) is 16.3 Å². The van der Waals surface area contributed by atoms with E-state index in [1.54, 1.807) is 12.1 Å². The summed E-state index contributed by atoms with van der Waals surface area (Å²) >= 11 is 0. The van der Waals surface area contributed by atoms with Crippen LogP contribution in [0.5, 0.6) is 0 Å². The van der Waals surface area contributed by atoms with Crippen LogP contribution >= 0.6 is 0 Å². The Labute approximate surface area is 157 Å². The van der Waals surface area contributed by atoms with Gasteiger partial charge in [-0.1, -0.05) is 48.5 Å². The average molecular weight is 383 g/mol. The number of sulfone groups is 1. The van der Waals surface area contributed by atoms with E-state index in [0.717, 1.165) is 29.5 Å². The zero-order valence-electron chi connectivity index (χ0n) is 14.6. The molecule has 3 rings (SSSR count). The first-order valence-corrected chi connectivity index (χ1v) is 10.2. The van der Waals surface area contributed by atoms with Crippen molar-refractivity contribution in [1.29, 1.82) is 0 Å². The molecule has 0 unspecified atom stereocenters. The van der Waals surface area contributed by atoms with Gasteiger partial charge in [-0.15, -0.1) is 0 Å². The van der Waals surface area contributed by atoms with Crippen LogP contribution in [0, 0.1) is 5.82 Å². The average Bonchev–Trinajstić information content (AvgIpc) is 2.64. The predicted octanol–water partition coefficient (Wildman–Crippen LogP) is 4.07. The molecule has 1 amide bonds. The molecule has 1 N–H and O–H groups in total. The van der Waals surface area contributed by atoms with E-state index in [1.165, 1.54) is 6.07 Å². The second-order valence-corrected chi connectivity index (χ2v) is 8.20. The van der Waals surface area contributed by atoms with Crippen molar-refractivity contribution in [2.45, 2.75) is 11.3 Å². The van der Waals surface area contributed by atoms with E-state index in [2.05, 4.69) is 5.32 Å². The molecular formula is C21H18FNO3S. The van der Waals surface area contributed by atoms with E-state index in [0.29, 0.717) is 12.0 Å². The summed E-state index contributed by atoms with van der Waals surface area (Å²) in [5.41, 5.74) is 2.08. The van der Waals surface area contributed by atoms with Crippen LogP contribution in [0.4, 0.5) is 10.1 Å². The van der Waals surface area contributed by atoms with Gasteiger partial charge in [-0.3, -0.25) is 4.79 Å². The maximum Gasteiger partial charge on any atom is 0.256 e. The van der Waals surface area contributed by atoms with Crippen LogP contribution in [0.15, 0.2) is 77.7 Å². The maximum atomic E-state index is 14.1. The smallest absolute Gasteiger partial charge is 0.256 e. The number of rotatable bonds is 5. The largest absolute Gasteiger partial charge is 0.319 e. The second kappa shape index (κ2) is 7.72. The fraction of sp³-hybridized carbons (Fsp3) is 0.0952. The minimum atomic E-state index is -3.51. The van der Waals surface area contributed by atoms with Crippen molar-refractivity contribution in [3.8, 4) is 0 Å². The van der Waals surface area contributed by atoms with Gasteiger partial charge in [-0.2, -0.15) is 0 Å². The molecule has 6 heteroatoms. The quantitative estimate of drug-likeness (QED) is 0.676. The molecule has 0 spiro atoms. The molecule has 0 fully saturated rings. The lowest BCUT2D eigenvalue weighted by atomic mass is 9.99. The molecule has 0 aliphatic carbocycles. The Kier molecular flexibility index (Phi) is 5.37. The van der Waals surface area contributed by atoms with Crippen LogP contribution < -0.4 is 5.32 Å². The van der Waals surface area contributed by atoms with Gasteiger partial charge in [-0.25, -0.2) is 12.8 Å². The first-order valence-electron chi connectivity index (χ1n) is 8.27. The minimum absolute atomic E-state index is 0.0585. The third kappa shape index (κ3) is 4.60. The standard InChI is InChI=1S/C21H18FNO3S/c1-27(25,26)17-11-12-19(22)20(14-17)23-21(24)18-10-6-5-9-16(18)13-15-7-3-2-4-8-15/h2-12,14H,13H2,1H3,(H,23,24). The van der Waals surface area contributed by atoms with Gasteiger partial charge in [0.1, 0.15) is 5.82 Å². The van der Waals surface area contributed by atoms with E-state index in [9.17, 15) is 17.6 Å². The van der Waals surface area contributed by atoms with Crippen molar-refractivity contribution in [3.05, 3.63) is 95.3 Å². The van der Waals surface area contributed by atoms with Crippen LogP contribution in [0.25, 0.3) is 0 Å². The van der Waals surface area contributed by atoms with Gasteiger partial charge in [0, 0.05) is 11.8 Å². The summed E-state index contributed by atoms with van der Waals surface area (Å²) in [6, 6.07) is 20.1. The first kappa shape index (κ1) is 18.8. The molecule has 27 heavy (non-hydrogen) atoms. The van der Waals surface area contributed by atoms with Gasteiger partial charge in [0.05, 0.1) is 10.6 Å². The zero-order valence-corrected chi connectivity index (χ0v) is 15.5. The SMILES string of the molecule is CS(=O)(=O)c1ccc(F)c(NC(=O)c2ccccc2Cc2ccccc2)c1. The number of benzene rings is 3. The molecular weight excluding hydrogens is 365 g/mol. The lowest BCUT2D eigenvalue weighted by molar-refractivity contribution is 0.102. The monoisotopic (exact) mass is 383 g/mol. The fourth-order valence-electron chi connectivity index (χ4n) is 2.73. The van der Waals surface area contributed by atoms with E-state index < -0.39 is 21.6 Å². The van der Waals surface area contributed by atoms with Crippen LogP contribution in [0.3, 0.4) is 0 Å². The van der Waals surface area contributed by atoms with Crippen LogP contribution in [-0.4, -0.2) is 20.6 Å². The van der Waals surface area contributed by atoms with Gasteiger partial charge in [0.15, 0.2) is 9.84 Å². The van der Waals surface area contributed by atoms with Crippen molar-refractivity contribution in [2.75, 3.05) is 11.6 Å². The summed E-state index contributed by atoms with van der Waals surface area (Å²) in [6.45, 7) is 0. The summed E-state index contributed by atoms with van der Waals surface area (Å²) in [4.78, 5) is 12.7. The lowest BCUT2D eigenvalue weighted by Crippen LogP contribution is -2.16. The number of carbonyl (C=O) groups is 1. The molecule has 4 nitrogen and oxygen atoms in total. The highest BCUT2D eigenvalue weighted by atomic mass is 32.2. The zero-order chi connectivity index (χ0) is 19.4. The van der Waals surface area contributed by atoms with Crippen LogP contribution in [0.1, 0.15) is 21.5 Å². The number of anilines is 1. The molecule has 0 radical (unpaired) electrons. The van der Waals surface area contributed by atoms with E-state index >= 15 is 0 Å². The summed E-state index contributed by atoms with van der Waals surface area (Å²) < 4.78 is 37.4. The van der Waals surface area contributed by atoms with Gasteiger partial charge in [-0.05, 0) is 41.8 Å². The summed E-state index contributed by atoms with van der Waals surface area (Å²) in [5.74, 6) is -1.19. The van der Waals surface area contributed by atoms with Crippen molar-refractivity contribution in [1.82, 2.24) is 0 Å². The Morgan fingerprint density at radius 2 is 1.63 bits per heavy atom.